The minimum atomic E-state index is -0.414. The molecule has 2 N–H and O–H groups in total. The van der Waals surface area contributed by atoms with Gasteiger partial charge >= 0.3 is 0 Å². The van der Waals surface area contributed by atoms with Crippen molar-refractivity contribution in [2.45, 2.75) is 26.3 Å². The Morgan fingerprint density at radius 3 is 2.44 bits per heavy atom. The molecule has 0 bridgehead atoms. The number of nitrogens with two attached hydrogens (primary N) is 1. The molecule has 0 aliphatic rings. The van der Waals surface area contributed by atoms with Crippen molar-refractivity contribution in [3.63, 3.8) is 0 Å². The van der Waals surface area contributed by atoms with Crippen LogP contribution in [0.1, 0.15) is 18.1 Å². The number of carbonyl (C=O) groups is 1. The van der Waals surface area contributed by atoms with Gasteiger partial charge in [-0.15, -0.1) is 0 Å². The highest BCUT2D eigenvalue weighted by Gasteiger charge is 2.12. The van der Waals surface area contributed by atoms with E-state index >= 15 is 0 Å². The lowest BCUT2D eigenvalue weighted by atomic mass is 10.1. The van der Waals surface area contributed by atoms with Crippen LogP contribution < -0.4 is 5.73 Å². The lowest BCUT2D eigenvalue weighted by Gasteiger charge is -2.19. The first-order chi connectivity index (χ1) is 7.50. The summed E-state index contributed by atoms with van der Waals surface area (Å²) in [5, 5.41) is 0. The van der Waals surface area contributed by atoms with Crippen molar-refractivity contribution in [1.82, 2.24) is 4.90 Å². The number of hydrogen-bond donors (Lipinski definition) is 1. The maximum absolute atomic E-state index is 11.5. The second-order valence-corrected chi connectivity index (χ2v) is 4.28. The zero-order chi connectivity index (χ0) is 12.1. The van der Waals surface area contributed by atoms with Crippen LogP contribution in [0.4, 0.5) is 0 Å². The average molecular weight is 220 g/mol. The van der Waals surface area contributed by atoms with Gasteiger partial charge in [0.15, 0.2) is 0 Å². The Kier molecular flexibility index (Phi) is 4.50. The number of aryl methyl sites for hydroxylation is 1. The van der Waals surface area contributed by atoms with Crippen LogP contribution in [0.25, 0.3) is 0 Å². The molecule has 1 rings (SSSR count). The number of benzene rings is 1. The van der Waals surface area contributed by atoms with Crippen molar-refractivity contribution in [2.24, 2.45) is 5.73 Å². The largest absolute Gasteiger partial charge is 0.344 e. The van der Waals surface area contributed by atoms with Crippen molar-refractivity contribution in [3.8, 4) is 0 Å². The van der Waals surface area contributed by atoms with Crippen molar-refractivity contribution >= 4 is 5.91 Å². The Balaban J connectivity index is 2.45. The molecular weight excluding hydrogens is 200 g/mol. The van der Waals surface area contributed by atoms with Crippen LogP contribution in [-0.2, 0) is 11.2 Å². The molecule has 0 aromatic heterocycles. The Bertz CT molecular complexity index is 343. The highest BCUT2D eigenvalue weighted by atomic mass is 16.2. The van der Waals surface area contributed by atoms with E-state index in [1.54, 1.807) is 18.9 Å². The summed E-state index contributed by atoms with van der Waals surface area (Å²) in [6.45, 7) is 4.49. The monoisotopic (exact) mass is 220 g/mol. The van der Waals surface area contributed by atoms with Gasteiger partial charge in [-0.05, 0) is 25.8 Å². The van der Waals surface area contributed by atoms with Crippen molar-refractivity contribution in [1.29, 1.82) is 0 Å². The number of nitrogens with zero attached hydrogens (tertiary/aromatic N) is 1. The molecule has 0 aliphatic heterocycles. The Morgan fingerprint density at radius 1 is 1.38 bits per heavy atom. The zero-order valence-electron chi connectivity index (χ0n) is 10.2. The predicted molar refractivity (Wildman–Crippen MR) is 66.2 cm³/mol. The molecule has 3 nitrogen and oxygen atoms in total. The van der Waals surface area contributed by atoms with E-state index in [2.05, 4.69) is 31.2 Å². The molecule has 3 heteroatoms. The third-order valence-electron chi connectivity index (χ3n) is 2.62. The maximum atomic E-state index is 11.5. The highest BCUT2D eigenvalue weighted by molar-refractivity contribution is 5.80. The molecule has 0 fully saturated rings. The molecule has 1 aromatic carbocycles. The summed E-state index contributed by atoms with van der Waals surface area (Å²) in [4.78, 5) is 13.2. The maximum Gasteiger partial charge on any atom is 0.238 e. The Morgan fingerprint density at radius 2 is 1.94 bits per heavy atom. The summed E-state index contributed by atoms with van der Waals surface area (Å²) in [6.07, 6.45) is 0.870. The normalized spacial score (nSPS) is 12.2. The molecule has 1 amide bonds. The SMILES string of the molecule is Cc1ccc(CCN(C)C(=O)C(C)N)cc1. The Labute approximate surface area is 97.2 Å². The first-order valence-corrected chi connectivity index (χ1v) is 5.57. The summed E-state index contributed by atoms with van der Waals surface area (Å²) < 4.78 is 0. The first-order valence-electron chi connectivity index (χ1n) is 5.57. The molecule has 0 radical (unpaired) electrons. The van der Waals surface area contributed by atoms with E-state index in [0.717, 1.165) is 6.42 Å². The van der Waals surface area contributed by atoms with Gasteiger partial charge in [-0.2, -0.15) is 0 Å². The van der Waals surface area contributed by atoms with Crippen LogP contribution in [0, 0.1) is 6.92 Å². The molecule has 0 spiro atoms. The number of rotatable bonds is 4. The first kappa shape index (κ1) is 12.7. The second kappa shape index (κ2) is 5.66. The molecule has 0 saturated carbocycles. The lowest BCUT2D eigenvalue weighted by Crippen LogP contribution is -2.40. The van der Waals surface area contributed by atoms with Crippen LogP contribution in [0.15, 0.2) is 24.3 Å². The number of hydrogen-bond acceptors (Lipinski definition) is 2. The van der Waals surface area contributed by atoms with Gasteiger partial charge in [0, 0.05) is 13.6 Å². The van der Waals surface area contributed by atoms with Crippen LogP contribution in [0.3, 0.4) is 0 Å². The minimum Gasteiger partial charge on any atom is -0.344 e. The number of likely N-dealkylation sites (N-methyl/N-ethyl adjacent to an activating group) is 1. The third kappa shape index (κ3) is 3.66. The summed E-state index contributed by atoms with van der Waals surface area (Å²) in [6, 6.07) is 7.95. The summed E-state index contributed by atoms with van der Waals surface area (Å²) in [5.74, 6) is -0.00730. The van der Waals surface area contributed by atoms with Gasteiger partial charge in [-0.3, -0.25) is 4.79 Å². The summed E-state index contributed by atoms with van der Waals surface area (Å²) >= 11 is 0. The molecule has 0 aliphatic carbocycles. The minimum absolute atomic E-state index is 0.00730. The van der Waals surface area contributed by atoms with E-state index in [1.807, 2.05) is 0 Å². The van der Waals surface area contributed by atoms with Gasteiger partial charge in [-0.1, -0.05) is 29.8 Å². The number of amides is 1. The topological polar surface area (TPSA) is 46.3 Å². The lowest BCUT2D eigenvalue weighted by molar-refractivity contribution is -0.130. The summed E-state index contributed by atoms with van der Waals surface area (Å²) in [7, 11) is 1.79. The fourth-order valence-electron chi connectivity index (χ4n) is 1.51. The van der Waals surface area contributed by atoms with Gasteiger partial charge in [0.05, 0.1) is 6.04 Å². The molecule has 1 aromatic rings. The standard InChI is InChI=1S/C13H20N2O/c1-10-4-6-12(7-5-10)8-9-15(3)13(16)11(2)14/h4-7,11H,8-9,14H2,1-3H3. The molecule has 0 heterocycles. The summed E-state index contributed by atoms with van der Waals surface area (Å²) in [5.41, 5.74) is 8.03. The van der Waals surface area contributed by atoms with Gasteiger partial charge in [-0.25, -0.2) is 0 Å². The van der Waals surface area contributed by atoms with Crippen molar-refractivity contribution in [2.75, 3.05) is 13.6 Å². The average Bonchev–Trinajstić information content (AvgIpc) is 2.26. The van der Waals surface area contributed by atoms with E-state index in [-0.39, 0.29) is 5.91 Å². The second-order valence-electron chi connectivity index (χ2n) is 4.28. The molecule has 1 unspecified atom stereocenters. The quantitative estimate of drug-likeness (QED) is 0.832. The fraction of sp³-hybridized carbons (Fsp3) is 0.462. The van der Waals surface area contributed by atoms with Crippen molar-refractivity contribution in [3.05, 3.63) is 35.4 Å². The van der Waals surface area contributed by atoms with Crippen LogP contribution in [-0.4, -0.2) is 30.4 Å². The van der Waals surface area contributed by atoms with Gasteiger partial charge in [0.25, 0.3) is 0 Å². The van der Waals surface area contributed by atoms with E-state index in [9.17, 15) is 4.79 Å². The predicted octanol–water partition coefficient (Wildman–Crippen LogP) is 1.34. The van der Waals surface area contributed by atoms with Crippen LogP contribution in [0.5, 0.6) is 0 Å². The molecule has 0 saturated heterocycles. The highest BCUT2D eigenvalue weighted by Crippen LogP contribution is 2.04. The van der Waals surface area contributed by atoms with Gasteiger partial charge in [0.1, 0.15) is 0 Å². The van der Waals surface area contributed by atoms with Crippen LogP contribution >= 0.6 is 0 Å². The Hall–Kier alpha value is -1.35. The molecule has 1 atom stereocenters. The molecule has 16 heavy (non-hydrogen) atoms. The zero-order valence-corrected chi connectivity index (χ0v) is 10.2. The van der Waals surface area contributed by atoms with Gasteiger partial charge < -0.3 is 10.6 Å². The van der Waals surface area contributed by atoms with E-state index in [1.165, 1.54) is 11.1 Å². The van der Waals surface area contributed by atoms with E-state index in [4.69, 9.17) is 5.73 Å². The number of carbonyl (C=O) groups excluding carboxylic acids is 1. The van der Waals surface area contributed by atoms with E-state index < -0.39 is 6.04 Å². The van der Waals surface area contributed by atoms with Gasteiger partial charge in [0.2, 0.25) is 5.91 Å². The smallest absolute Gasteiger partial charge is 0.238 e. The fourth-order valence-corrected chi connectivity index (χ4v) is 1.51. The molecular formula is C13H20N2O. The van der Waals surface area contributed by atoms with E-state index in [0.29, 0.717) is 6.54 Å². The van der Waals surface area contributed by atoms with Crippen LogP contribution in [0.2, 0.25) is 0 Å². The third-order valence-corrected chi connectivity index (χ3v) is 2.62. The molecule has 88 valence electrons. The van der Waals surface area contributed by atoms with Crippen molar-refractivity contribution < 1.29 is 4.79 Å².